The number of carboxylic acids is 1. The lowest BCUT2D eigenvalue weighted by atomic mass is 10.1. The predicted molar refractivity (Wildman–Crippen MR) is 68.9 cm³/mol. The van der Waals surface area contributed by atoms with Crippen LogP contribution in [0.25, 0.3) is 0 Å². The molecule has 3 nitrogen and oxygen atoms in total. The van der Waals surface area contributed by atoms with E-state index >= 15 is 0 Å². The van der Waals surface area contributed by atoms with Crippen LogP contribution in [0, 0.1) is 11.8 Å². The Morgan fingerprint density at radius 1 is 1.41 bits per heavy atom. The maximum absolute atomic E-state index is 10.5. The predicted octanol–water partition coefficient (Wildman–Crippen LogP) is 2.53. The van der Waals surface area contributed by atoms with Crippen molar-refractivity contribution in [1.29, 1.82) is 0 Å². The van der Waals surface area contributed by atoms with Gasteiger partial charge in [-0.2, -0.15) is 0 Å². The van der Waals surface area contributed by atoms with Crippen molar-refractivity contribution in [1.82, 2.24) is 0 Å². The Morgan fingerprint density at radius 2 is 2.06 bits per heavy atom. The van der Waals surface area contributed by atoms with Gasteiger partial charge in [-0.25, -0.2) is 0 Å². The minimum atomic E-state index is -0.811. The molecule has 0 saturated heterocycles. The van der Waals surface area contributed by atoms with Gasteiger partial charge in [0.05, 0.1) is 12.5 Å². The molecule has 0 aliphatic rings. The second-order valence-corrected chi connectivity index (χ2v) is 3.77. The second kappa shape index (κ2) is 6.59. The number of hydrogen-bond acceptors (Lipinski definition) is 2. The number of rotatable bonds is 5. The first-order valence-corrected chi connectivity index (χ1v) is 5.65. The number of anilines is 1. The molecule has 0 spiro atoms. The Labute approximate surface area is 102 Å². The SMILES string of the molecule is CC#CC(CC)Nc1ccc(CC(=O)O)cc1. The fourth-order valence-corrected chi connectivity index (χ4v) is 1.51. The molecule has 17 heavy (non-hydrogen) atoms. The molecule has 0 amide bonds. The highest BCUT2D eigenvalue weighted by molar-refractivity contribution is 5.70. The van der Waals surface area contributed by atoms with Gasteiger partial charge in [0.25, 0.3) is 0 Å². The van der Waals surface area contributed by atoms with E-state index in [4.69, 9.17) is 5.11 Å². The van der Waals surface area contributed by atoms with E-state index in [0.717, 1.165) is 17.7 Å². The van der Waals surface area contributed by atoms with Crippen molar-refractivity contribution >= 4 is 11.7 Å². The largest absolute Gasteiger partial charge is 0.481 e. The number of benzene rings is 1. The molecule has 1 atom stereocenters. The molecular formula is C14H17NO2. The Morgan fingerprint density at radius 3 is 2.53 bits per heavy atom. The van der Waals surface area contributed by atoms with E-state index in [-0.39, 0.29) is 12.5 Å². The van der Waals surface area contributed by atoms with Crippen molar-refractivity contribution in [3.63, 3.8) is 0 Å². The molecule has 0 fully saturated rings. The van der Waals surface area contributed by atoms with Gasteiger partial charge in [-0.15, -0.1) is 5.92 Å². The fraction of sp³-hybridized carbons (Fsp3) is 0.357. The average Bonchev–Trinajstić information content (AvgIpc) is 2.30. The minimum absolute atomic E-state index is 0.0618. The summed E-state index contributed by atoms with van der Waals surface area (Å²) in [5.41, 5.74) is 1.77. The standard InChI is InChI=1S/C14H17NO2/c1-3-5-12(4-2)15-13-8-6-11(7-9-13)10-14(16)17/h6-9,12,15H,4,10H2,1-2H3,(H,16,17). The smallest absolute Gasteiger partial charge is 0.307 e. The van der Waals surface area contributed by atoms with Gasteiger partial charge in [0.2, 0.25) is 0 Å². The number of aliphatic carboxylic acids is 1. The van der Waals surface area contributed by atoms with Gasteiger partial charge in [0.1, 0.15) is 0 Å². The van der Waals surface area contributed by atoms with Crippen LogP contribution in [0.15, 0.2) is 24.3 Å². The van der Waals surface area contributed by atoms with Crippen molar-refractivity contribution in [2.75, 3.05) is 5.32 Å². The minimum Gasteiger partial charge on any atom is -0.481 e. The molecule has 1 unspecified atom stereocenters. The number of carbonyl (C=O) groups is 1. The van der Waals surface area contributed by atoms with Crippen molar-refractivity contribution in [3.05, 3.63) is 29.8 Å². The van der Waals surface area contributed by atoms with Gasteiger partial charge in [-0.3, -0.25) is 4.79 Å². The topological polar surface area (TPSA) is 49.3 Å². The highest BCUT2D eigenvalue weighted by Crippen LogP contribution is 2.12. The summed E-state index contributed by atoms with van der Waals surface area (Å²) in [6, 6.07) is 7.56. The highest BCUT2D eigenvalue weighted by atomic mass is 16.4. The van der Waals surface area contributed by atoms with E-state index < -0.39 is 5.97 Å². The van der Waals surface area contributed by atoms with E-state index in [1.165, 1.54) is 0 Å². The maximum Gasteiger partial charge on any atom is 0.307 e. The zero-order chi connectivity index (χ0) is 12.7. The van der Waals surface area contributed by atoms with E-state index in [9.17, 15) is 4.79 Å². The van der Waals surface area contributed by atoms with Crippen molar-refractivity contribution in [3.8, 4) is 11.8 Å². The Balaban J connectivity index is 2.66. The third kappa shape index (κ3) is 4.60. The Hall–Kier alpha value is -1.95. The molecule has 0 saturated carbocycles. The molecular weight excluding hydrogens is 214 g/mol. The Bertz CT molecular complexity index is 426. The highest BCUT2D eigenvalue weighted by Gasteiger charge is 2.03. The first-order chi connectivity index (χ1) is 8.15. The number of hydrogen-bond donors (Lipinski definition) is 2. The van der Waals surface area contributed by atoms with Crippen LogP contribution in [0.4, 0.5) is 5.69 Å². The van der Waals surface area contributed by atoms with Gasteiger partial charge in [-0.1, -0.05) is 25.0 Å². The average molecular weight is 231 g/mol. The van der Waals surface area contributed by atoms with Crippen molar-refractivity contribution in [2.45, 2.75) is 32.7 Å². The first-order valence-electron chi connectivity index (χ1n) is 5.65. The normalized spacial score (nSPS) is 11.2. The van der Waals surface area contributed by atoms with Crippen LogP contribution < -0.4 is 5.32 Å². The molecule has 0 heterocycles. The summed E-state index contributed by atoms with van der Waals surface area (Å²) in [7, 11) is 0. The number of nitrogens with one attached hydrogen (secondary N) is 1. The maximum atomic E-state index is 10.5. The molecule has 2 N–H and O–H groups in total. The zero-order valence-electron chi connectivity index (χ0n) is 10.2. The lowest BCUT2D eigenvalue weighted by molar-refractivity contribution is -0.136. The zero-order valence-corrected chi connectivity index (χ0v) is 10.2. The summed E-state index contributed by atoms with van der Waals surface area (Å²) in [6.45, 7) is 3.89. The van der Waals surface area contributed by atoms with Crippen LogP contribution in [0.1, 0.15) is 25.8 Å². The van der Waals surface area contributed by atoms with E-state index in [1.54, 1.807) is 0 Å². The van der Waals surface area contributed by atoms with Crippen LogP contribution in [-0.4, -0.2) is 17.1 Å². The van der Waals surface area contributed by atoms with Crippen LogP contribution >= 0.6 is 0 Å². The molecule has 3 heteroatoms. The van der Waals surface area contributed by atoms with Crippen LogP contribution in [-0.2, 0) is 11.2 Å². The molecule has 0 bridgehead atoms. The van der Waals surface area contributed by atoms with Crippen molar-refractivity contribution < 1.29 is 9.90 Å². The van der Waals surface area contributed by atoms with E-state index in [2.05, 4.69) is 24.1 Å². The van der Waals surface area contributed by atoms with Crippen LogP contribution in [0.3, 0.4) is 0 Å². The molecule has 1 aromatic carbocycles. The van der Waals surface area contributed by atoms with Gasteiger partial charge in [-0.05, 0) is 31.0 Å². The summed E-state index contributed by atoms with van der Waals surface area (Å²) in [4.78, 5) is 10.5. The first kappa shape index (κ1) is 13.1. The number of carboxylic acid groups (broad SMARTS) is 1. The summed E-state index contributed by atoms with van der Waals surface area (Å²) < 4.78 is 0. The van der Waals surface area contributed by atoms with Gasteiger partial charge in [0.15, 0.2) is 0 Å². The van der Waals surface area contributed by atoms with E-state index in [1.807, 2.05) is 31.2 Å². The third-order valence-corrected chi connectivity index (χ3v) is 2.38. The summed E-state index contributed by atoms with van der Waals surface area (Å²) in [5.74, 6) is 5.15. The molecule has 0 aliphatic carbocycles. The van der Waals surface area contributed by atoms with Crippen LogP contribution in [0.2, 0.25) is 0 Å². The summed E-state index contributed by atoms with van der Waals surface area (Å²) >= 11 is 0. The lowest BCUT2D eigenvalue weighted by Gasteiger charge is -2.12. The summed E-state index contributed by atoms with van der Waals surface area (Å²) in [6.07, 6.45) is 0.990. The van der Waals surface area contributed by atoms with Gasteiger partial charge in [0, 0.05) is 5.69 Å². The molecule has 0 radical (unpaired) electrons. The molecule has 90 valence electrons. The second-order valence-electron chi connectivity index (χ2n) is 3.77. The van der Waals surface area contributed by atoms with Gasteiger partial charge < -0.3 is 10.4 Å². The van der Waals surface area contributed by atoms with Gasteiger partial charge >= 0.3 is 5.97 Å². The molecule has 0 aliphatic heterocycles. The quantitative estimate of drug-likeness (QED) is 0.765. The Kier molecular flexibility index (Phi) is 5.09. The fourth-order valence-electron chi connectivity index (χ4n) is 1.51. The monoisotopic (exact) mass is 231 g/mol. The third-order valence-electron chi connectivity index (χ3n) is 2.38. The van der Waals surface area contributed by atoms with E-state index in [0.29, 0.717) is 0 Å². The van der Waals surface area contributed by atoms with Crippen molar-refractivity contribution in [2.24, 2.45) is 0 Å². The molecule has 0 aromatic heterocycles. The molecule has 1 rings (SSSR count). The summed E-state index contributed by atoms with van der Waals surface area (Å²) in [5, 5.41) is 11.9. The molecule has 1 aromatic rings. The lowest BCUT2D eigenvalue weighted by Crippen LogP contribution is -2.15. The van der Waals surface area contributed by atoms with Crippen LogP contribution in [0.5, 0.6) is 0 Å².